The molecular formula is C101H139N11O20P2. The molecule has 9 aromatic rings. The van der Waals surface area contributed by atoms with Gasteiger partial charge in [0.1, 0.15) is 90.4 Å². The van der Waals surface area contributed by atoms with Crippen LogP contribution in [0.25, 0.3) is 33.3 Å². The van der Waals surface area contributed by atoms with Gasteiger partial charge in [-0.25, -0.2) is 28.1 Å². The summed E-state index contributed by atoms with van der Waals surface area (Å²) in [6.45, 7) is 7.91. The van der Waals surface area contributed by atoms with E-state index in [1.807, 2.05) is 103 Å². The van der Waals surface area contributed by atoms with E-state index in [0.29, 0.717) is 29.9 Å². The van der Waals surface area contributed by atoms with Crippen molar-refractivity contribution in [1.82, 2.24) is 29.2 Å². The highest BCUT2D eigenvalue weighted by Crippen LogP contribution is 2.54. The summed E-state index contributed by atoms with van der Waals surface area (Å²) >= 11 is 0. The van der Waals surface area contributed by atoms with Crippen LogP contribution in [0.2, 0.25) is 0 Å². The van der Waals surface area contributed by atoms with Gasteiger partial charge < -0.3 is 69.0 Å². The average molecular weight is 1890 g/mol. The first-order chi connectivity index (χ1) is 65.1. The second-order valence-electron chi connectivity index (χ2n) is 35.5. The molecule has 33 heteroatoms. The summed E-state index contributed by atoms with van der Waals surface area (Å²) in [5, 5.41) is 62.9. The van der Waals surface area contributed by atoms with Crippen molar-refractivity contribution in [2.45, 2.75) is 312 Å². The summed E-state index contributed by atoms with van der Waals surface area (Å²) < 4.78 is 109. The fourth-order valence-electron chi connectivity index (χ4n) is 17.1. The van der Waals surface area contributed by atoms with Crippen molar-refractivity contribution in [2.24, 2.45) is 0 Å². The standard InChI is InChI=1S/C55H73N6O11P.C46H66N5O9P/c1-4-5-6-7-8-9-10-11-12-13-14-15-16-17-18-22-35-65-37-47(66-36-42-25-27-44(28-26-42)43-23-20-19-21-24-43)38-67-73(64,72-46-31-29-45(30-32-46)61(62)63)68-39-49-51-52(71-54(2,3)70-51)55(40-56,69-49)50-34-33-48-53(57)58-41-59-60(48)50;1-2-3-4-5-6-7-8-9-10-11-12-13-14-15-16-20-29-56-31-39(57-30-36-23-25-38(26-24-36)37-21-18-17-19-22-37)32-58-61(54,55)59-33-41-43(52)44(53)46(34-47,60-41)42-28-27-40-45(48)49-35-50-51(40)42/h19-21,23-34,41,47,49,51-52H,4-18,22,35-39H2,1-3H3,(H2,57,58,59);17-19,21-28,35,39,41,43-44,52-53H,2-16,20,29-33H2,1H3,(H,54,55)(H2,48,49,50)/t47-,49-,51-,52-,55+,73?;39-,41-,43-,44-,46+/m11/s1. The number of phosphoric acid groups is 2. The summed E-state index contributed by atoms with van der Waals surface area (Å²) in [6, 6.07) is 51.8. The molecule has 4 aromatic heterocycles. The number of nitro groups is 1. The second kappa shape index (κ2) is 54.8. The zero-order chi connectivity index (χ0) is 94.9. The van der Waals surface area contributed by atoms with Gasteiger partial charge in [0.15, 0.2) is 17.4 Å². The third-order valence-electron chi connectivity index (χ3n) is 24.6. The number of nitrogen functional groups attached to an aromatic ring is 2. The molecule has 12 rings (SSSR count). The zero-order valence-electron chi connectivity index (χ0n) is 78.3. The maximum atomic E-state index is 14.9. The highest BCUT2D eigenvalue weighted by Gasteiger charge is 2.66. The Morgan fingerprint density at radius 2 is 0.873 bits per heavy atom. The molecule has 728 valence electrons. The number of nitro benzene ring substituents is 1. The van der Waals surface area contributed by atoms with Gasteiger partial charge in [-0.15, -0.1) is 0 Å². The van der Waals surface area contributed by atoms with Crippen LogP contribution in [0, 0.1) is 32.8 Å². The number of aliphatic hydroxyl groups is 2. The molecule has 0 saturated carbocycles. The van der Waals surface area contributed by atoms with E-state index in [4.69, 9.17) is 72.0 Å². The maximum Gasteiger partial charge on any atom is 0.530 e. The predicted octanol–water partition coefficient (Wildman–Crippen LogP) is 21.4. The lowest BCUT2D eigenvalue weighted by Crippen LogP contribution is -2.41. The van der Waals surface area contributed by atoms with E-state index < -0.39 is 99.6 Å². The predicted molar refractivity (Wildman–Crippen MR) is 512 cm³/mol. The van der Waals surface area contributed by atoms with Gasteiger partial charge in [0, 0.05) is 25.3 Å². The SMILES string of the molecule is CCCCCCCCCCCCCCCCCCOC[C@H](COP(=O)(O)OC[C@H]1O[C@@](C#N)(c2ccc3c(N)ncnn23)[C@H](O)[C@@H]1O)OCc1ccc(-c2ccccc2)cc1.CCCCCCCCCCCCCCCCCCOC[C@H](COP(=O)(OC[C@H]1O[C@@](C#N)(c2ccc3c(N)ncnn23)[C@@H]2OC(C)(C)O[C@@H]21)Oc1ccc([N+](=O)[O-])cc1)OCc1ccc(-c2ccccc2)cc1. The van der Waals surface area contributed by atoms with Crippen molar-refractivity contribution in [1.29, 1.82) is 10.5 Å². The number of nitrogens with two attached hydrogens (primary N) is 2. The first-order valence-corrected chi connectivity index (χ1v) is 51.2. The fraction of sp³-hybridized carbons (Fsp3) is 0.564. The quantitative estimate of drug-likeness (QED) is 0.0102. The van der Waals surface area contributed by atoms with Gasteiger partial charge in [-0.3, -0.25) is 28.2 Å². The van der Waals surface area contributed by atoms with E-state index in [9.17, 15) is 44.9 Å². The summed E-state index contributed by atoms with van der Waals surface area (Å²) in [5.41, 5.74) is 15.4. The van der Waals surface area contributed by atoms with Crippen LogP contribution in [-0.2, 0) is 89.5 Å². The summed E-state index contributed by atoms with van der Waals surface area (Å²) in [4.78, 5) is 29.6. The van der Waals surface area contributed by atoms with E-state index in [0.717, 1.165) is 71.9 Å². The molecule has 0 spiro atoms. The van der Waals surface area contributed by atoms with Gasteiger partial charge in [-0.05, 0) is 96.5 Å². The lowest BCUT2D eigenvalue weighted by Gasteiger charge is -2.29. The molecule has 7 N–H and O–H groups in total. The number of nitrogens with zero attached hydrogens (tertiary/aromatic N) is 9. The van der Waals surface area contributed by atoms with Crippen molar-refractivity contribution < 1.29 is 89.7 Å². The number of benzene rings is 5. The maximum absolute atomic E-state index is 14.9. The topological polar surface area (TPSA) is 418 Å². The number of aromatic nitrogens is 6. The third-order valence-corrected chi connectivity index (χ3v) is 27.0. The van der Waals surface area contributed by atoms with Gasteiger partial charge in [-0.2, -0.15) is 20.7 Å². The van der Waals surface area contributed by atoms with Crippen LogP contribution in [0.15, 0.2) is 170 Å². The molecule has 134 heavy (non-hydrogen) atoms. The number of aliphatic hydroxyl groups excluding tert-OH is 2. The summed E-state index contributed by atoms with van der Waals surface area (Å²) in [5.74, 6) is -0.827. The van der Waals surface area contributed by atoms with Crippen molar-refractivity contribution in [3.05, 3.63) is 203 Å². The van der Waals surface area contributed by atoms with E-state index in [-0.39, 0.29) is 68.4 Å². The normalized spacial score (nSPS) is 20.4. The Bertz CT molecular complexity index is 5130. The zero-order valence-corrected chi connectivity index (χ0v) is 80.1. The Labute approximate surface area is 788 Å². The Hall–Kier alpha value is -9.02. The average Bonchev–Trinajstić information content (AvgIpc) is 1.55. The molecule has 0 aliphatic carbocycles. The Balaban J connectivity index is 0.000000262. The number of hydrogen-bond acceptors (Lipinski definition) is 27. The highest BCUT2D eigenvalue weighted by molar-refractivity contribution is 7.49. The van der Waals surface area contributed by atoms with E-state index in [2.05, 4.69) is 52.2 Å². The molecule has 3 fully saturated rings. The Morgan fingerprint density at radius 3 is 1.30 bits per heavy atom. The number of anilines is 2. The minimum Gasteiger partial charge on any atom is -0.404 e. The molecule has 2 unspecified atom stereocenters. The van der Waals surface area contributed by atoms with Crippen molar-refractivity contribution >= 4 is 44.0 Å². The summed E-state index contributed by atoms with van der Waals surface area (Å²) in [6.07, 6.45) is 34.2. The smallest absolute Gasteiger partial charge is 0.404 e. The molecule has 31 nitrogen and oxygen atoms in total. The molecule has 12 atom stereocenters. The summed E-state index contributed by atoms with van der Waals surface area (Å²) in [7, 11) is -9.38. The number of fused-ring (bicyclic) bond motifs is 3. The third kappa shape index (κ3) is 31.8. The van der Waals surface area contributed by atoms with E-state index >= 15 is 0 Å². The second-order valence-corrected chi connectivity index (χ2v) is 38.5. The first kappa shape index (κ1) is 105. The van der Waals surface area contributed by atoms with Gasteiger partial charge >= 0.3 is 15.6 Å². The number of unbranched alkanes of at least 4 members (excludes halogenated alkanes) is 30. The number of non-ortho nitro benzene ring substituents is 1. The van der Waals surface area contributed by atoms with Gasteiger partial charge in [0.2, 0.25) is 11.2 Å². The molecule has 3 saturated heterocycles. The molecule has 0 amide bonds. The largest absolute Gasteiger partial charge is 0.530 e. The first-order valence-electron chi connectivity index (χ1n) is 48.3. The molecule has 5 aromatic carbocycles. The van der Waals surface area contributed by atoms with Crippen LogP contribution in [0.1, 0.15) is 256 Å². The van der Waals surface area contributed by atoms with Gasteiger partial charge in [-0.1, -0.05) is 316 Å². The van der Waals surface area contributed by atoms with Gasteiger partial charge in [0.05, 0.1) is 69.2 Å². The van der Waals surface area contributed by atoms with Crippen LogP contribution in [-0.4, -0.2) is 157 Å². The monoisotopic (exact) mass is 1890 g/mol. The Kier molecular flexibility index (Phi) is 43.1. The van der Waals surface area contributed by atoms with E-state index in [1.165, 1.54) is 219 Å². The fourth-order valence-corrected chi connectivity index (χ4v) is 19.1. The minimum atomic E-state index is -4.75. The van der Waals surface area contributed by atoms with Crippen molar-refractivity contribution in [3.63, 3.8) is 0 Å². The molecule has 0 radical (unpaired) electrons. The molecule has 7 heterocycles. The minimum absolute atomic E-state index is 0.0141. The molecule has 0 bridgehead atoms. The lowest BCUT2D eigenvalue weighted by atomic mass is 9.92. The van der Waals surface area contributed by atoms with Crippen LogP contribution in [0.3, 0.4) is 0 Å². The number of rotatable bonds is 63. The number of hydrogen-bond donors (Lipinski definition) is 5. The van der Waals surface area contributed by atoms with E-state index in [1.54, 1.807) is 32.0 Å². The Morgan fingerprint density at radius 1 is 0.478 bits per heavy atom. The van der Waals surface area contributed by atoms with Crippen LogP contribution in [0.5, 0.6) is 5.75 Å². The highest BCUT2D eigenvalue weighted by atomic mass is 31.2. The molecule has 3 aliphatic heterocycles. The number of phosphoric ester groups is 2. The van der Waals surface area contributed by atoms with Gasteiger partial charge in [0.25, 0.3) is 5.69 Å². The number of nitriles is 2. The van der Waals surface area contributed by atoms with Crippen LogP contribution in [0.4, 0.5) is 17.3 Å². The number of ether oxygens (including phenoxy) is 8. The van der Waals surface area contributed by atoms with Crippen LogP contribution >= 0.6 is 15.6 Å². The van der Waals surface area contributed by atoms with Crippen molar-refractivity contribution in [2.75, 3.05) is 64.3 Å². The molecular weight excluding hydrogens is 1750 g/mol. The van der Waals surface area contributed by atoms with Crippen LogP contribution < -0.4 is 16.0 Å². The van der Waals surface area contributed by atoms with Crippen molar-refractivity contribution in [3.8, 4) is 40.1 Å². The molecule has 3 aliphatic rings. The lowest BCUT2D eigenvalue weighted by molar-refractivity contribution is -0.384.